The van der Waals surface area contributed by atoms with Crippen LogP contribution in [0.5, 0.6) is 11.5 Å². The summed E-state index contributed by atoms with van der Waals surface area (Å²) in [4.78, 5) is 24.5. The number of imidazole rings is 1. The van der Waals surface area contributed by atoms with E-state index in [1.54, 1.807) is 6.07 Å². The number of rotatable bonds is 7. The molecular formula is C26H27ClN6O3. The molecule has 0 saturated carbocycles. The second kappa shape index (κ2) is 10.1. The molecule has 1 aliphatic heterocycles. The molecule has 0 aliphatic carbocycles. The number of aromatic carboxylic acids is 1. The Labute approximate surface area is 213 Å². The van der Waals surface area contributed by atoms with Crippen molar-refractivity contribution >= 4 is 40.2 Å². The molecule has 1 saturated heterocycles. The number of pyridine rings is 1. The number of piperazine rings is 1. The Hall–Kier alpha value is -3.66. The number of aromatic nitrogens is 3. The van der Waals surface area contributed by atoms with Crippen LogP contribution in [-0.4, -0.2) is 68.6 Å². The van der Waals surface area contributed by atoms with Crippen LogP contribution in [0.25, 0.3) is 11.0 Å². The van der Waals surface area contributed by atoms with Crippen LogP contribution in [-0.2, 0) is 13.6 Å². The van der Waals surface area contributed by atoms with Crippen LogP contribution in [0, 0.1) is 0 Å². The van der Waals surface area contributed by atoms with Crippen LogP contribution in [0.15, 0.2) is 54.7 Å². The highest BCUT2D eigenvalue weighted by Gasteiger charge is 2.16. The van der Waals surface area contributed by atoms with E-state index >= 15 is 0 Å². The molecule has 10 heteroatoms. The number of fused-ring (bicyclic) bond motifs is 1. The predicted molar refractivity (Wildman–Crippen MR) is 139 cm³/mol. The molecule has 0 bridgehead atoms. The number of anilines is 2. The van der Waals surface area contributed by atoms with E-state index < -0.39 is 5.97 Å². The van der Waals surface area contributed by atoms with Crippen molar-refractivity contribution in [1.82, 2.24) is 24.3 Å². The largest absolute Gasteiger partial charge is 0.477 e. The topological polar surface area (TPSA) is 95.8 Å². The lowest BCUT2D eigenvalue weighted by atomic mass is 10.1. The summed E-state index contributed by atoms with van der Waals surface area (Å²) in [7, 11) is 4.09. The van der Waals surface area contributed by atoms with Crippen LogP contribution in [0.1, 0.15) is 16.1 Å². The van der Waals surface area contributed by atoms with E-state index in [0.29, 0.717) is 17.4 Å². The van der Waals surface area contributed by atoms with Crippen molar-refractivity contribution in [3.8, 4) is 11.5 Å². The van der Waals surface area contributed by atoms with Crippen molar-refractivity contribution in [1.29, 1.82) is 0 Å². The number of hydrogen-bond donors (Lipinski definition) is 2. The minimum Gasteiger partial charge on any atom is -0.477 e. The van der Waals surface area contributed by atoms with E-state index in [0.717, 1.165) is 60.0 Å². The zero-order valence-corrected chi connectivity index (χ0v) is 20.9. The monoisotopic (exact) mass is 506 g/mol. The predicted octanol–water partition coefficient (Wildman–Crippen LogP) is 4.60. The Morgan fingerprint density at radius 2 is 1.83 bits per heavy atom. The fraction of sp³-hybridized carbons (Fsp3) is 0.269. The number of hydrogen-bond acceptors (Lipinski definition) is 7. The number of carbonyl (C=O) groups is 1. The SMILES string of the molecule is CN1CCN(Cc2cc(Nc3nc4cc(Oc5ccnc(C(=O)O)c5)ccc4n3C)ccc2Cl)CC1. The Bertz CT molecular complexity index is 1410. The van der Waals surface area contributed by atoms with Gasteiger partial charge >= 0.3 is 5.97 Å². The number of ether oxygens (including phenoxy) is 1. The maximum atomic E-state index is 11.2. The summed E-state index contributed by atoms with van der Waals surface area (Å²) in [6, 6.07) is 14.5. The van der Waals surface area contributed by atoms with Crippen LogP contribution in [0.2, 0.25) is 5.02 Å². The molecule has 1 aliphatic rings. The lowest BCUT2D eigenvalue weighted by molar-refractivity contribution is 0.0690. The van der Waals surface area contributed by atoms with Crippen molar-refractivity contribution < 1.29 is 14.6 Å². The highest BCUT2D eigenvalue weighted by Crippen LogP contribution is 2.29. The molecule has 4 aromatic rings. The highest BCUT2D eigenvalue weighted by molar-refractivity contribution is 6.31. The van der Waals surface area contributed by atoms with Crippen molar-refractivity contribution in [3.63, 3.8) is 0 Å². The van der Waals surface area contributed by atoms with Gasteiger partial charge in [0, 0.05) is 68.8 Å². The molecule has 0 spiro atoms. The minimum atomic E-state index is -1.11. The summed E-state index contributed by atoms with van der Waals surface area (Å²) in [6.45, 7) is 4.98. The molecule has 5 rings (SSSR count). The molecule has 0 amide bonds. The van der Waals surface area contributed by atoms with E-state index in [4.69, 9.17) is 26.4 Å². The zero-order chi connectivity index (χ0) is 25.2. The normalized spacial score (nSPS) is 14.8. The van der Waals surface area contributed by atoms with E-state index in [1.165, 1.54) is 12.3 Å². The van der Waals surface area contributed by atoms with Gasteiger partial charge in [0.25, 0.3) is 0 Å². The Morgan fingerprint density at radius 1 is 1.06 bits per heavy atom. The Kier molecular flexibility index (Phi) is 6.77. The maximum Gasteiger partial charge on any atom is 0.354 e. The highest BCUT2D eigenvalue weighted by atomic mass is 35.5. The fourth-order valence-corrected chi connectivity index (χ4v) is 4.41. The second-order valence-electron chi connectivity index (χ2n) is 8.94. The van der Waals surface area contributed by atoms with Crippen LogP contribution >= 0.6 is 11.6 Å². The van der Waals surface area contributed by atoms with E-state index in [2.05, 4.69) is 33.2 Å². The van der Waals surface area contributed by atoms with Gasteiger partial charge in [0.15, 0.2) is 5.69 Å². The summed E-state index contributed by atoms with van der Waals surface area (Å²) in [5.74, 6) is 0.526. The van der Waals surface area contributed by atoms with Crippen molar-refractivity contribution in [2.75, 3.05) is 38.5 Å². The van der Waals surface area contributed by atoms with Gasteiger partial charge in [-0.25, -0.2) is 14.8 Å². The van der Waals surface area contributed by atoms with E-state index in [-0.39, 0.29) is 5.69 Å². The zero-order valence-electron chi connectivity index (χ0n) is 20.1. The van der Waals surface area contributed by atoms with Gasteiger partial charge in [-0.2, -0.15) is 0 Å². The van der Waals surface area contributed by atoms with Gasteiger partial charge in [-0.3, -0.25) is 4.90 Å². The first kappa shape index (κ1) is 24.1. The molecule has 2 aromatic carbocycles. The third-order valence-electron chi connectivity index (χ3n) is 6.33. The summed E-state index contributed by atoms with van der Waals surface area (Å²) < 4.78 is 7.83. The number of aryl methyl sites for hydroxylation is 1. The van der Waals surface area contributed by atoms with Crippen LogP contribution in [0.4, 0.5) is 11.6 Å². The number of likely N-dealkylation sites (N-methyl/N-ethyl adjacent to an activating group) is 1. The van der Waals surface area contributed by atoms with Gasteiger partial charge < -0.3 is 24.6 Å². The molecule has 2 N–H and O–H groups in total. The molecule has 0 unspecified atom stereocenters. The smallest absolute Gasteiger partial charge is 0.354 e. The second-order valence-corrected chi connectivity index (χ2v) is 9.35. The molecule has 9 nitrogen and oxygen atoms in total. The Balaban J connectivity index is 1.34. The number of halogens is 1. The maximum absolute atomic E-state index is 11.2. The summed E-state index contributed by atoms with van der Waals surface area (Å²) in [5.41, 5.74) is 3.59. The van der Waals surface area contributed by atoms with E-state index in [9.17, 15) is 4.79 Å². The average molecular weight is 507 g/mol. The summed E-state index contributed by atoms with van der Waals surface area (Å²) in [6.07, 6.45) is 1.41. The van der Waals surface area contributed by atoms with Gasteiger partial charge in [0.1, 0.15) is 11.5 Å². The first-order valence-electron chi connectivity index (χ1n) is 11.7. The number of carboxylic acids is 1. The fourth-order valence-electron chi connectivity index (χ4n) is 4.23. The van der Waals surface area contributed by atoms with Crippen molar-refractivity contribution in [2.45, 2.75) is 6.54 Å². The number of nitrogens with zero attached hydrogens (tertiary/aromatic N) is 5. The third-order valence-corrected chi connectivity index (χ3v) is 6.70. The van der Waals surface area contributed by atoms with Crippen LogP contribution < -0.4 is 10.1 Å². The van der Waals surface area contributed by atoms with Gasteiger partial charge in [0.05, 0.1) is 11.0 Å². The van der Waals surface area contributed by atoms with Gasteiger partial charge in [-0.15, -0.1) is 0 Å². The first-order valence-corrected chi connectivity index (χ1v) is 12.0. The van der Waals surface area contributed by atoms with Gasteiger partial charge in [-0.05, 0) is 49.0 Å². The molecule has 3 heterocycles. The summed E-state index contributed by atoms with van der Waals surface area (Å²) >= 11 is 6.52. The Morgan fingerprint density at radius 3 is 2.61 bits per heavy atom. The molecule has 0 radical (unpaired) electrons. The number of carboxylic acid groups (broad SMARTS) is 1. The van der Waals surface area contributed by atoms with Crippen molar-refractivity contribution in [3.05, 3.63) is 71.0 Å². The number of nitrogens with one attached hydrogen (secondary N) is 1. The minimum absolute atomic E-state index is 0.0761. The standard InChI is InChI=1S/C26H27ClN6O3/c1-31-9-11-33(12-10-31)16-17-13-18(3-5-21(17)27)29-26-30-22-14-19(4-6-24(22)32(26)2)36-20-7-8-28-23(15-20)25(34)35/h3-8,13-15H,9-12,16H2,1-2H3,(H,29,30)(H,34,35). The lowest BCUT2D eigenvalue weighted by Gasteiger charge is -2.32. The molecule has 36 heavy (non-hydrogen) atoms. The first-order chi connectivity index (χ1) is 17.4. The molecule has 186 valence electrons. The van der Waals surface area contributed by atoms with E-state index in [1.807, 2.05) is 41.9 Å². The molecule has 0 atom stereocenters. The van der Waals surface area contributed by atoms with Gasteiger partial charge in [-0.1, -0.05) is 11.6 Å². The molecule has 1 fully saturated rings. The molecule has 2 aromatic heterocycles. The third kappa shape index (κ3) is 5.28. The number of benzene rings is 2. The van der Waals surface area contributed by atoms with Gasteiger partial charge in [0.2, 0.25) is 5.95 Å². The lowest BCUT2D eigenvalue weighted by Crippen LogP contribution is -2.43. The summed E-state index contributed by atoms with van der Waals surface area (Å²) in [5, 5.41) is 13.3. The average Bonchev–Trinajstić information content (AvgIpc) is 3.17. The van der Waals surface area contributed by atoms with Crippen LogP contribution in [0.3, 0.4) is 0 Å². The van der Waals surface area contributed by atoms with Crippen molar-refractivity contribution in [2.24, 2.45) is 7.05 Å². The molecular weight excluding hydrogens is 480 g/mol. The quantitative estimate of drug-likeness (QED) is 0.375.